The number of ether oxygens (including phenoxy) is 4. The van der Waals surface area contributed by atoms with E-state index in [-0.39, 0.29) is 12.2 Å². The highest BCUT2D eigenvalue weighted by Crippen LogP contribution is 2.36. The van der Waals surface area contributed by atoms with Crippen LogP contribution in [-0.2, 0) is 22.3 Å². The highest BCUT2D eigenvalue weighted by atomic mass is 79.9. The minimum absolute atomic E-state index is 0.0364. The van der Waals surface area contributed by atoms with Crippen LogP contribution in [-0.4, -0.2) is 20.3 Å². The minimum Gasteiger partial charge on any atom is -0.493 e. The molecule has 3 rings (SSSR count). The van der Waals surface area contributed by atoms with E-state index in [1.165, 1.54) is 13.2 Å². The maximum Gasteiger partial charge on any atom is 0.416 e. The van der Waals surface area contributed by atoms with E-state index in [2.05, 4.69) is 15.9 Å². The average Bonchev–Trinajstić information content (AvgIpc) is 3.14. The van der Waals surface area contributed by atoms with Gasteiger partial charge in [-0.05, 0) is 24.3 Å². The minimum atomic E-state index is -4.46. The highest BCUT2D eigenvalue weighted by Gasteiger charge is 2.33. The predicted octanol–water partition coefficient (Wildman–Crippen LogP) is 5.10. The van der Waals surface area contributed by atoms with Gasteiger partial charge in [-0.3, -0.25) is 0 Å². The number of hydrogen-bond donors (Lipinski definition) is 0. The van der Waals surface area contributed by atoms with Crippen LogP contribution in [0.25, 0.3) is 0 Å². The van der Waals surface area contributed by atoms with Crippen LogP contribution >= 0.6 is 15.9 Å². The summed E-state index contributed by atoms with van der Waals surface area (Å²) < 4.78 is 61.7. The zero-order chi connectivity index (χ0) is 18.7. The Labute approximate surface area is 156 Å². The van der Waals surface area contributed by atoms with Gasteiger partial charge in [0.05, 0.1) is 25.9 Å². The van der Waals surface area contributed by atoms with Crippen LogP contribution in [0.2, 0.25) is 0 Å². The molecule has 0 N–H and O–H groups in total. The van der Waals surface area contributed by atoms with Gasteiger partial charge in [-0.1, -0.05) is 28.1 Å². The molecule has 0 aliphatic carbocycles. The molecule has 2 aromatic rings. The Morgan fingerprint density at radius 1 is 1.08 bits per heavy atom. The Hall–Kier alpha value is -1.77. The van der Waals surface area contributed by atoms with Crippen molar-refractivity contribution in [1.29, 1.82) is 0 Å². The largest absolute Gasteiger partial charge is 0.493 e. The molecular weight excluding hydrogens is 417 g/mol. The van der Waals surface area contributed by atoms with Gasteiger partial charge in [-0.25, -0.2) is 0 Å². The van der Waals surface area contributed by atoms with Gasteiger partial charge >= 0.3 is 6.18 Å². The Morgan fingerprint density at radius 3 is 2.46 bits per heavy atom. The first-order chi connectivity index (χ1) is 12.4. The van der Waals surface area contributed by atoms with Gasteiger partial charge in [0.1, 0.15) is 6.61 Å². The third kappa shape index (κ3) is 4.31. The lowest BCUT2D eigenvalue weighted by atomic mass is 10.1. The fraction of sp³-hybridized carbons (Fsp3) is 0.333. The number of halogens is 4. The van der Waals surface area contributed by atoms with E-state index < -0.39 is 18.0 Å². The molecule has 0 aromatic heterocycles. The second-order valence-electron chi connectivity index (χ2n) is 5.57. The number of benzene rings is 2. The summed E-state index contributed by atoms with van der Waals surface area (Å²) in [5.74, 6) is 0.734. The Bertz CT molecular complexity index is 774. The van der Waals surface area contributed by atoms with Gasteiger partial charge in [0.2, 0.25) is 0 Å². The average molecular weight is 433 g/mol. The van der Waals surface area contributed by atoms with Gasteiger partial charge in [0.15, 0.2) is 17.8 Å². The van der Waals surface area contributed by atoms with Gasteiger partial charge in [-0.2, -0.15) is 13.2 Å². The first kappa shape index (κ1) is 19.0. The fourth-order valence-electron chi connectivity index (χ4n) is 2.59. The van der Waals surface area contributed by atoms with Crippen molar-refractivity contribution in [2.45, 2.75) is 19.1 Å². The lowest BCUT2D eigenvalue weighted by molar-refractivity contribution is -0.138. The van der Waals surface area contributed by atoms with Crippen LogP contribution in [0.4, 0.5) is 13.2 Å². The topological polar surface area (TPSA) is 36.9 Å². The monoisotopic (exact) mass is 432 g/mol. The van der Waals surface area contributed by atoms with E-state index in [0.717, 1.165) is 11.6 Å². The molecule has 4 nitrogen and oxygen atoms in total. The van der Waals surface area contributed by atoms with Crippen LogP contribution in [0.3, 0.4) is 0 Å². The summed E-state index contributed by atoms with van der Waals surface area (Å²) in [4.78, 5) is 0. The molecule has 2 aromatic carbocycles. The van der Waals surface area contributed by atoms with Crippen molar-refractivity contribution >= 4 is 15.9 Å². The molecule has 0 bridgehead atoms. The van der Waals surface area contributed by atoms with Crippen molar-refractivity contribution in [2.75, 3.05) is 20.3 Å². The van der Waals surface area contributed by atoms with Crippen molar-refractivity contribution in [1.82, 2.24) is 0 Å². The zero-order valence-electron chi connectivity index (χ0n) is 13.8. The van der Waals surface area contributed by atoms with Crippen LogP contribution < -0.4 is 9.47 Å². The molecule has 0 spiro atoms. The predicted molar refractivity (Wildman–Crippen MR) is 91.1 cm³/mol. The van der Waals surface area contributed by atoms with E-state index in [9.17, 15) is 13.2 Å². The van der Waals surface area contributed by atoms with Gasteiger partial charge in [-0.15, -0.1) is 0 Å². The summed E-state index contributed by atoms with van der Waals surface area (Å²) in [5.41, 5.74) is 0.0517. The van der Waals surface area contributed by atoms with E-state index in [0.29, 0.717) is 29.2 Å². The third-order valence-corrected chi connectivity index (χ3v) is 4.34. The fourth-order valence-corrected chi connectivity index (χ4v) is 2.96. The summed E-state index contributed by atoms with van der Waals surface area (Å²) in [6, 6.07) is 9.02. The maximum absolute atomic E-state index is 13.2. The summed E-state index contributed by atoms with van der Waals surface area (Å²) in [7, 11) is 1.46. The smallest absolute Gasteiger partial charge is 0.416 e. The normalized spacial score (nSPS) is 15.3. The summed E-state index contributed by atoms with van der Waals surface area (Å²) >= 11 is 3.06. The molecule has 26 heavy (non-hydrogen) atoms. The molecule has 0 radical (unpaired) electrons. The van der Waals surface area contributed by atoms with Crippen molar-refractivity contribution in [3.8, 4) is 11.5 Å². The molecule has 1 aliphatic rings. The second kappa shape index (κ2) is 7.85. The van der Waals surface area contributed by atoms with Crippen molar-refractivity contribution in [3.63, 3.8) is 0 Å². The van der Waals surface area contributed by atoms with Crippen molar-refractivity contribution in [2.24, 2.45) is 0 Å². The molecule has 1 aliphatic heterocycles. The SMILES string of the molecule is COc1cc(C2OCCO2)ccc1OCc1ccc(Br)cc1C(F)(F)F. The van der Waals surface area contributed by atoms with Crippen LogP contribution in [0.1, 0.15) is 23.0 Å². The summed E-state index contributed by atoms with van der Waals surface area (Å²) in [6.45, 7) is 0.776. The third-order valence-electron chi connectivity index (χ3n) is 3.84. The molecular formula is C18H16BrF3O4. The molecule has 1 saturated heterocycles. The quantitative estimate of drug-likeness (QED) is 0.658. The van der Waals surface area contributed by atoms with Gasteiger partial charge in [0.25, 0.3) is 0 Å². The molecule has 140 valence electrons. The van der Waals surface area contributed by atoms with E-state index >= 15 is 0 Å². The number of alkyl halides is 3. The molecule has 8 heteroatoms. The first-order valence-corrected chi connectivity index (χ1v) is 8.57. The summed E-state index contributed by atoms with van der Waals surface area (Å²) in [5, 5.41) is 0. The Morgan fingerprint density at radius 2 is 1.81 bits per heavy atom. The van der Waals surface area contributed by atoms with E-state index in [1.807, 2.05) is 0 Å². The first-order valence-electron chi connectivity index (χ1n) is 7.78. The molecule has 0 atom stereocenters. The van der Waals surface area contributed by atoms with Crippen LogP contribution in [0, 0.1) is 0 Å². The maximum atomic E-state index is 13.2. The number of methoxy groups -OCH3 is 1. The van der Waals surface area contributed by atoms with Crippen LogP contribution in [0.5, 0.6) is 11.5 Å². The molecule has 0 saturated carbocycles. The lowest BCUT2D eigenvalue weighted by Gasteiger charge is -2.17. The highest BCUT2D eigenvalue weighted by molar-refractivity contribution is 9.10. The standard InChI is InChI=1S/C18H16BrF3O4/c1-23-16-8-11(17-24-6-7-25-17)3-5-15(16)26-10-12-2-4-13(19)9-14(12)18(20,21)22/h2-5,8-9,17H,6-7,10H2,1H3. The Kier molecular flexibility index (Phi) is 5.74. The van der Waals surface area contributed by atoms with Crippen molar-refractivity contribution in [3.05, 3.63) is 57.6 Å². The van der Waals surface area contributed by atoms with Crippen LogP contribution in [0.15, 0.2) is 40.9 Å². The number of hydrogen-bond acceptors (Lipinski definition) is 4. The zero-order valence-corrected chi connectivity index (χ0v) is 15.4. The molecule has 0 unspecified atom stereocenters. The lowest BCUT2D eigenvalue weighted by Crippen LogP contribution is -2.11. The Balaban J connectivity index is 1.79. The number of rotatable bonds is 5. The van der Waals surface area contributed by atoms with Gasteiger partial charge in [0, 0.05) is 15.6 Å². The van der Waals surface area contributed by atoms with E-state index in [1.54, 1.807) is 24.3 Å². The second-order valence-corrected chi connectivity index (χ2v) is 6.49. The molecule has 1 heterocycles. The molecule has 0 amide bonds. The van der Waals surface area contributed by atoms with Crippen molar-refractivity contribution < 1.29 is 32.1 Å². The van der Waals surface area contributed by atoms with Gasteiger partial charge < -0.3 is 18.9 Å². The van der Waals surface area contributed by atoms with E-state index in [4.69, 9.17) is 18.9 Å². The molecule has 1 fully saturated rings. The summed E-state index contributed by atoms with van der Waals surface area (Å²) in [6.07, 6.45) is -4.94.